The molecule has 30 heavy (non-hydrogen) atoms. The van der Waals surface area contributed by atoms with Crippen LogP contribution >= 0.6 is 23.6 Å². The zero-order chi connectivity index (χ0) is 21.5. The minimum Gasteiger partial charge on any atom is -0.466 e. The van der Waals surface area contributed by atoms with Gasteiger partial charge in [0.05, 0.1) is 36.4 Å². The van der Waals surface area contributed by atoms with Crippen LogP contribution < -0.4 is 8.92 Å². The van der Waals surface area contributed by atoms with Gasteiger partial charge in [-0.15, -0.1) is 0 Å². The molecule has 3 aromatic rings. The van der Waals surface area contributed by atoms with Crippen LogP contribution in [-0.4, -0.2) is 40.9 Å². The Morgan fingerprint density at radius 3 is 2.57 bits per heavy atom. The van der Waals surface area contributed by atoms with Crippen molar-refractivity contribution >= 4 is 46.6 Å². The van der Waals surface area contributed by atoms with Gasteiger partial charge in [0, 0.05) is 5.02 Å². The Morgan fingerprint density at radius 1 is 1.10 bits per heavy atom. The number of fused-ring (bicyclic) bond motifs is 1. The number of hydrogen-bond acceptors (Lipinski definition) is 9. The number of hydrogen-bond donors (Lipinski definition) is 0. The number of nitrogens with zero attached hydrogens (tertiary/aromatic N) is 2. The highest BCUT2D eigenvalue weighted by molar-refractivity contribution is 7.96. The lowest BCUT2D eigenvalue weighted by atomic mass is 10.3. The summed E-state index contributed by atoms with van der Waals surface area (Å²) in [5.74, 6) is 0.188. The zero-order valence-electron chi connectivity index (χ0n) is 16.0. The number of aromatic nitrogens is 2. The van der Waals surface area contributed by atoms with Gasteiger partial charge in [-0.2, -0.15) is 0 Å². The molecule has 0 bridgehead atoms. The molecule has 3 rings (SSSR count). The van der Waals surface area contributed by atoms with Crippen molar-refractivity contribution < 1.29 is 28.0 Å². The maximum Gasteiger partial charge on any atom is 0.344 e. The zero-order valence-corrected chi connectivity index (χ0v) is 17.6. The van der Waals surface area contributed by atoms with Gasteiger partial charge in [0.1, 0.15) is 16.7 Å². The molecular formula is C20H17ClN2O6S. The van der Waals surface area contributed by atoms with E-state index in [2.05, 4.69) is 14.7 Å². The molecule has 0 spiro atoms. The molecule has 2 aromatic carbocycles. The van der Waals surface area contributed by atoms with Crippen LogP contribution in [0.4, 0.5) is 0 Å². The van der Waals surface area contributed by atoms with E-state index in [4.69, 9.17) is 25.3 Å². The average Bonchev–Trinajstić information content (AvgIpc) is 2.76. The van der Waals surface area contributed by atoms with Crippen molar-refractivity contribution in [2.24, 2.45) is 0 Å². The van der Waals surface area contributed by atoms with E-state index in [-0.39, 0.29) is 0 Å². The molecule has 0 radical (unpaired) electrons. The summed E-state index contributed by atoms with van der Waals surface area (Å²) in [6, 6.07) is 12.0. The molecule has 0 aliphatic heterocycles. The van der Waals surface area contributed by atoms with Crippen molar-refractivity contribution in [2.75, 3.05) is 13.7 Å². The van der Waals surface area contributed by atoms with Crippen molar-refractivity contribution in [3.05, 3.63) is 53.7 Å². The minimum absolute atomic E-state index is 0.342. The van der Waals surface area contributed by atoms with Crippen LogP contribution in [0.3, 0.4) is 0 Å². The van der Waals surface area contributed by atoms with E-state index in [9.17, 15) is 9.59 Å². The lowest BCUT2D eigenvalue weighted by Gasteiger charge is -2.11. The summed E-state index contributed by atoms with van der Waals surface area (Å²) in [6.45, 7) is 1.17. The fourth-order valence-corrected chi connectivity index (χ4v) is 2.85. The van der Waals surface area contributed by atoms with Crippen LogP contribution in [-0.2, 0) is 19.1 Å². The predicted octanol–water partition coefficient (Wildman–Crippen LogP) is 4.21. The number of rotatable bonds is 8. The largest absolute Gasteiger partial charge is 0.466 e. The lowest BCUT2D eigenvalue weighted by molar-refractivity contribution is -0.156. The summed E-state index contributed by atoms with van der Waals surface area (Å²) in [5, 5.41) is -0.0445. The van der Waals surface area contributed by atoms with Crippen LogP contribution in [0.2, 0.25) is 5.02 Å². The first-order valence-electron chi connectivity index (χ1n) is 8.71. The normalized spacial score (nSPS) is 11.6. The summed E-state index contributed by atoms with van der Waals surface area (Å²) in [5.41, 5.74) is 1.34. The molecule has 0 N–H and O–H groups in total. The Labute approximate surface area is 181 Å². The van der Waals surface area contributed by atoms with Crippen molar-refractivity contribution in [1.29, 1.82) is 0 Å². The second kappa shape index (κ2) is 10.1. The van der Waals surface area contributed by atoms with E-state index in [0.29, 0.717) is 33.4 Å². The van der Waals surface area contributed by atoms with Crippen LogP contribution in [0.15, 0.2) is 48.7 Å². The van der Waals surface area contributed by atoms with Crippen LogP contribution in [0.5, 0.6) is 17.4 Å². The monoisotopic (exact) mass is 448 g/mol. The summed E-state index contributed by atoms with van der Waals surface area (Å²) in [6.07, 6.45) is 1.51. The maximum atomic E-state index is 11.8. The minimum atomic E-state index is -0.632. The predicted molar refractivity (Wildman–Crippen MR) is 112 cm³/mol. The lowest BCUT2D eigenvalue weighted by Crippen LogP contribution is -2.22. The van der Waals surface area contributed by atoms with Crippen LogP contribution in [0.25, 0.3) is 11.0 Å². The standard InChI is InChI=1S/C20H17ClN2O6S/c1-12(20(25)27-11-19(24)26-2)30-29-15-6-4-14(5-7-15)28-18-10-22-17-9-13(21)3-8-16(17)23-18/h3-10,12H,11H2,1-2H3. The Balaban J connectivity index is 1.53. The number of carbonyl (C=O) groups excluding carboxylic acids is 2. The van der Waals surface area contributed by atoms with Gasteiger partial charge in [0.25, 0.3) is 0 Å². The SMILES string of the molecule is COC(=O)COC(=O)C(C)SOc1ccc(Oc2cnc3cc(Cl)ccc3n2)cc1. The molecule has 1 aromatic heterocycles. The Kier molecular flexibility index (Phi) is 7.31. The maximum absolute atomic E-state index is 11.8. The highest BCUT2D eigenvalue weighted by Crippen LogP contribution is 2.26. The molecule has 0 fully saturated rings. The third kappa shape index (κ3) is 5.98. The van der Waals surface area contributed by atoms with Gasteiger partial charge in [-0.3, -0.25) is 4.79 Å². The van der Waals surface area contributed by atoms with E-state index < -0.39 is 23.8 Å². The number of carbonyl (C=O) groups is 2. The third-order valence-electron chi connectivity index (χ3n) is 3.71. The molecule has 8 nitrogen and oxygen atoms in total. The molecule has 0 amide bonds. The van der Waals surface area contributed by atoms with Crippen molar-refractivity contribution in [1.82, 2.24) is 9.97 Å². The molecule has 0 aliphatic rings. The number of benzene rings is 2. The van der Waals surface area contributed by atoms with Gasteiger partial charge in [-0.25, -0.2) is 14.8 Å². The van der Waals surface area contributed by atoms with E-state index in [1.54, 1.807) is 49.4 Å². The quantitative estimate of drug-likeness (QED) is 0.370. The first-order valence-corrected chi connectivity index (χ1v) is 9.90. The number of ether oxygens (including phenoxy) is 3. The average molecular weight is 449 g/mol. The fraction of sp³-hybridized carbons (Fsp3) is 0.200. The Hall–Kier alpha value is -3.04. The van der Waals surface area contributed by atoms with Crippen molar-refractivity contribution in [3.63, 3.8) is 0 Å². The van der Waals surface area contributed by atoms with E-state index >= 15 is 0 Å². The highest BCUT2D eigenvalue weighted by Gasteiger charge is 2.18. The molecule has 10 heteroatoms. The van der Waals surface area contributed by atoms with E-state index in [1.807, 2.05) is 0 Å². The summed E-state index contributed by atoms with van der Waals surface area (Å²) in [4.78, 5) is 31.4. The first kappa shape index (κ1) is 21.7. The number of halogens is 1. The molecule has 1 unspecified atom stereocenters. The molecule has 0 saturated carbocycles. The summed E-state index contributed by atoms with van der Waals surface area (Å²) < 4.78 is 20.4. The molecule has 0 aliphatic carbocycles. The molecular weight excluding hydrogens is 432 g/mol. The van der Waals surface area contributed by atoms with E-state index in [1.165, 1.54) is 13.3 Å². The topological polar surface area (TPSA) is 96.8 Å². The molecule has 0 saturated heterocycles. The summed E-state index contributed by atoms with van der Waals surface area (Å²) in [7, 11) is 1.22. The van der Waals surface area contributed by atoms with E-state index in [0.717, 1.165) is 12.0 Å². The fourth-order valence-electron chi connectivity index (χ4n) is 2.17. The smallest absolute Gasteiger partial charge is 0.344 e. The number of esters is 2. The molecule has 156 valence electrons. The van der Waals surface area contributed by atoms with Crippen molar-refractivity contribution in [3.8, 4) is 17.4 Å². The van der Waals surface area contributed by atoms with Gasteiger partial charge in [0.2, 0.25) is 5.88 Å². The van der Waals surface area contributed by atoms with Crippen LogP contribution in [0.1, 0.15) is 6.92 Å². The van der Waals surface area contributed by atoms with Gasteiger partial charge in [-0.05, 0) is 49.4 Å². The molecule has 1 atom stereocenters. The van der Waals surface area contributed by atoms with Gasteiger partial charge < -0.3 is 18.4 Å². The number of methoxy groups -OCH3 is 1. The van der Waals surface area contributed by atoms with Gasteiger partial charge >= 0.3 is 11.9 Å². The second-order valence-electron chi connectivity index (χ2n) is 5.92. The van der Waals surface area contributed by atoms with Crippen LogP contribution in [0, 0.1) is 0 Å². The molecule has 1 heterocycles. The Morgan fingerprint density at radius 2 is 1.83 bits per heavy atom. The van der Waals surface area contributed by atoms with Gasteiger partial charge in [-0.1, -0.05) is 11.6 Å². The van der Waals surface area contributed by atoms with Crippen molar-refractivity contribution in [2.45, 2.75) is 12.2 Å². The second-order valence-corrected chi connectivity index (χ2v) is 7.42. The first-order chi connectivity index (χ1) is 14.4. The Bertz CT molecular complexity index is 1050. The highest BCUT2D eigenvalue weighted by atomic mass is 35.5. The third-order valence-corrected chi connectivity index (χ3v) is 4.71. The van der Waals surface area contributed by atoms with Gasteiger partial charge in [0.15, 0.2) is 6.61 Å². The summed E-state index contributed by atoms with van der Waals surface area (Å²) >= 11 is 6.85.